The maximum atomic E-state index is 12.2. The first-order valence-corrected chi connectivity index (χ1v) is 7.81. The summed E-state index contributed by atoms with van der Waals surface area (Å²) < 4.78 is 0. The molecule has 1 fully saturated rings. The van der Waals surface area contributed by atoms with Gasteiger partial charge in [-0.05, 0) is 50.6 Å². The number of rotatable bonds is 4. The van der Waals surface area contributed by atoms with Gasteiger partial charge in [-0.1, -0.05) is 36.6 Å². The number of nitrogens with zero attached hydrogens (tertiary/aromatic N) is 1. The van der Waals surface area contributed by atoms with E-state index in [-0.39, 0.29) is 11.9 Å². The predicted molar refractivity (Wildman–Crippen MR) is 82.8 cm³/mol. The van der Waals surface area contributed by atoms with E-state index in [1.807, 2.05) is 31.2 Å². The van der Waals surface area contributed by atoms with Crippen LogP contribution in [0.1, 0.15) is 38.2 Å². The number of hydrogen-bond acceptors (Lipinski definition) is 2. The van der Waals surface area contributed by atoms with Gasteiger partial charge in [-0.3, -0.25) is 9.69 Å². The Kier molecular flexibility index (Phi) is 5.86. The second kappa shape index (κ2) is 7.65. The lowest BCUT2D eigenvalue weighted by atomic mass is 10.2. The molecule has 2 rings (SSSR count). The molecule has 1 saturated heterocycles. The minimum Gasteiger partial charge on any atom is -0.351 e. The SMILES string of the molecule is C[C@@H](C(=O)NCc1ccc(Cl)cc1)N1CCCCCC1. The summed E-state index contributed by atoms with van der Waals surface area (Å²) in [7, 11) is 0. The fraction of sp³-hybridized carbons (Fsp3) is 0.562. The van der Waals surface area contributed by atoms with Crippen LogP contribution in [0, 0.1) is 0 Å². The van der Waals surface area contributed by atoms with E-state index >= 15 is 0 Å². The summed E-state index contributed by atoms with van der Waals surface area (Å²) in [5.41, 5.74) is 1.07. The second-order valence-corrected chi connectivity index (χ2v) is 5.91. The zero-order valence-electron chi connectivity index (χ0n) is 12.1. The highest BCUT2D eigenvalue weighted by molar-refractivity contribution is 6.30. The summed E-state index contributed by atoms with van der Waals surface area (Å²) in [6.07, 6.45) is 4.98. The van der Waals surface area contributed by atoms with Gasteiger partial charge >= 0.3 is 0 Å². The van der Waals surface area contributed by atoms with E-state index in [2.05, 4.69) is 10.2 Å². The van der Waals surface area contributed by atoms with E-state index in [0.717, 1.165) is 23.7 Å². The van der Waals surface area contributed by atoms with Gasteiger partial charge < -0.3 is 5.32 Å². The molecule has 1 aliphatic heterocycles. The second-order valence-electron chi connectivity index (χ2n) is 5.47. The Morgan fingerprint density at radius 3 is 2.40 bits per heavy atom. The lowest BCUT2D eigenvalue weighted by Crippen LogP contribution is -2.45. The van der Waals surface area contributed by atoms with Crippen molar-refractivity contribution in [2.24, 2.45) is 0 Å². The molecule has 3 nitrogen and oxygen atoms in total. The smallest absolute Gasteiger partial charge is 0.237 e. The summed E-state index contributed by atoms with van der Waals surface area (Å²) in [5.74, 6) is 0.113. The van der Waals surface area contributed by atoms with Gasteiger partial charge in [0.2, 0.25) is 5.91 Å². The van der Waals surface area contributed by atoms with Crippen molar-refractivity contribution in [1.29, 1.82) is 0 Å². The zero-order chi connectivity index (χ0) is 14.4. The Morgan fingerprint density at radius 2 is 1.80 bits per heavy atom. The normalized spacial score (nSPS) is 18.3. The summed E-state index contributed by atoms with van der Waals surface area (Å²) in [4.78, 5) is 14.5. The lowest BCUT2D eigenvalue weighted by Gasteiger charge is -2.26. The Bertz CT molecular complexity index is 425. The summed E-state index contributed by atoms with van der Waals surface area (Å²) >= 11 is 5.85. The molecule has 1 heterocycles. The number of nitrogens with one attached hydrogen (secondary N) is 1. The van der Waals surface area contributed by atoms with E-state index in [1.165, 1.54) is 25.7 Å². The largest absolute Gasteiger partial charge is 0.351 e. The van der Waals surface area contributed by atoms with Crippen LogP contribution >= 0.6 is 11.6 Å². The van der Waals surface area contributed by atoms with Gasteiger partial charge in [-0.15, -0.1) is 0 Å². The molecule has 0 saturated carbocycles. The van der Waals surface area contributed by atoms with Crippen LogP contribution in [0.15, 0.2) is 24.3 Å². The maximum absolute atomic E-state index is 12.2. The van der Waals surface area contributed by atoms with Crippen LogP contribution in [-0.2, 0) is 11.3 Å². The topological polar surface area (TPSA) is 32.3 Å². The molecule has 0 bridgehead atoms. The maximum Gasteiger partial charge on any atom is 0.237 e. The number of likely N-dealkylation sites (tertiary alicyclic amines) is 1. The molecule has 1 aromatic carbocycles. The Morgan fingerprint density at radius 1 is 1.20 bits per heavy atom. The van der Waals surface area contributed by atoms with E-state index < -0.39 is 0 Å². The Balaban J connectivity index is 1.82. The first-order valence-electron chi connectivity index (χ1n) is 7.43. The van der Waals surface area contributed by atoms with Crippen LogP contribution in [0.4, 0.5) is 0 Å². The van der Waals surface area contributed by atoms with Crippen LogP contribution in [0.5, 0.6) is 0 Å². The first-order chi connectivity index (χ1) is 9.66. The number of benzene rings is 1. The van der Waals surface area contributed by atoms with Crippen LogP contribution in [0.25, 0.3) is 0 Å². The van der Waals surface area contributed by atoms with Crippen molar-refractivity contribution < 1.29 is 4.79 Å². The lowest BCUT2D eigenvalue weighted by molar-refractivity contribution is -0.126. The highest BCUT2D eigenvalue weighted by Gasteiger charge is 2.21. The van der Waals surface area contributed by atoms with Crippen molar-refractivity contribution in [3.05, 3.63) is 34.9 Å². The van der Waals surface area contributed by atoms with Crippen molar-refractivity contribution in [2.75, 3.05) is 13.1 Å². The standard InChI is InChI=1S/C16H23ClN2O/c1-13(19-10-4-2-3-5-11-19)16(20)18-12-14-6-8-15(17)9-7-14/h6-9,13H,2-5,10-12H2,1H3,(H,18,20)/t13-/m0/s1. The minimum absolute atomic E-state index is 0.0413. The number of hydrogen-bond donors (Lipinski definition) is 1. The molecule has 0 spiro atoms. The van der Waals surface area contributed by atoms with Crippen LogP contribution in [0.2, 0.25) is 5.02 Å². The monoisotopic (exact) mass is 294 g/mol. The van der Waals surface area contributed by atoms with Gasteiger partial charge in [0.1, 0.15) is 0 Å². The third-order valence-electron chi connectivity index (χ3n) is 3.95. The summed E-state index contributed by atoms with van der Waals surface area (Å²) in [6, 6.07) is 7.54. The van der Waals surface area contributed by atoms with Crippen molar-refractivity contribution in [3.8, 4) is 0 Å². The third kappa shape index (κ3) is 4.50. The van der Waals surface area contributed by atoms with Gasteiger partial charge in [0.25, 0.3) is 0 Å². The van der Waals surface area contributed by atoms with E-state index in [1.54, 1.807) is 0 Å². The van der Waals surface area contributed by atoms with Gasteiger partial charge in [0.05, 0.1) is 6.04 Å². The number of halogens is 1. The molecule has 0 unspecified atom stereocenters. The average molecular weight is 295 g/mol. The molecule has 20 heavy (non-hydrogen) atoms. The van der Waals surface area contributed by atoms with E-state index in [0.29, 0.717) is 6.54 Å². The third-order valence-corrected chi connectivity index (χ3v) is 4.20. The summed E-state index contributed by atoms with van der Waals surface area (Å²) in [6.45, 7) is 4.64. The summed E-state index contributed by atoms with van der Waals surface area (Å²) in [5, 5.41) is 3.73. The molecule has 1 aliphatic rings. The Hall–Kier alpha value is -1.06. The molecule has 1 atom stereocenters. The highest BCUT2D eigenvalue weighted by atomic mass is 35.5. The van der Waals surface area contributed by atoms with Crippen molar-refractivity contribution in [2.45, 2.75) is 45.2 Å². The number of carbonyl (C=O) groups is 1. The van der Waals surface area contributed by atoms with Crippen LogP contribution < -0.4 is 5.32 Å². The molecule has 0 aliphatic carbocycles. The molecular weight excluding hydrogens is 272 g/mol. The number of amides is 1. The molecule has 0 radical (unpaired) electrons. The first kappa shape index (κ1) is 15.3. The predicted octanol–water partition coefficient (Wildman–Crippen LogP) is 3.22. The zero-order valence-corrected chi connectivity index (χ0v) is 12.8. The van der Waals surface area contributed by atoms with Crippen molar-refractivity contribution in [3.63, 3.8) is 0 Å². The molecule has 4 heteroatoms. The van der Waals surface area contributed by atoms with Gasteiger partial charge in [0, 0.05) is 11.6 Å². The van der Waals surface area contributed by atoms with Crippen LogP contribution in [-0.4, -0.2) is 29.9 Å². The van der Waals surface area contributed by atoms with E-state index in [9.17, 15) is 4.79 Å². The van der Waals surface area contributed by atoms with Gasteiger partial charge in [0.15, 0.2) is 0 Å². The number of carbonyl (C=O) groups excluding carboxylic acids is 1. The Labute approximate surface area is 126 Å². The van der Waals surface area contributed by atoms with Gasteiger partial charge in [-0.25, -0.2) is 0 Å². The van der Waals surface area contributed by atoms with Crippen molar-refractivity contribution >= 4 is 17.5 Å². The quantitative estimate of drug-likeness (QED) is 0.925. The molecule has 0 aromatic heterocycles. The fourth-order valence-corrected chi connectivity index (χ4v) is 2.71. The minimum atomic E-state index is -0.0413. The molecular formula is C16H23ClN2O. The molecule has 1 amide bonds. The van der Waals surface area contributed by atoms with Gasteiger partial charge in [-0.2, -0.15) is 0 Å². The van der Waals surface area contributed by atoms with Crippen molar-refractivity contribution in [1.82, 2.24) is 10.2 Å². The average Bonchev–Trinajstić information content (AvgIpc) is 2.74. The van der Waals surface area contributed by atoms with E-state index in [4.69, 9.17) is 11.6 Å². The van der Waals surface area contributed by atoms with Crippen LogP contribution in [0.3, 0.4) is 0 Å². The highest BCUT2D eigenvalue weighted by Crippen LogP contribution is 2.13. The molecule has 110 valence electrons. The molecule has 1 aromatic rings. The fourth-order valence-electron chi connectivity index (χ4n) is 2.59. The molecule has 1 N–H and O–H groups in total.